The molecule has 8 nitrogen and oxygen atoms in total. The number of nitrogens with zero attached hydrogens (tertiary/aromatic N) is 5. The van der Waals surface area contributed by atoms with E-state index >= 15 is 0 Å². The van der Waals surface area contributed by atoms with E-state index in [1.54, 1.807) is 24.4 Å². The highest BCUT2D eigenvalue weighted by atomic mass is 19.1. The van der Waals surface area contributed by atoms with E-state index in [9.17, 15) is 9.18 Å². The SMILES string of the molecule is O=C(CN1CCN(c2nccc(Oc3ccc(F)cc3)n2)CC1)N1CCOCC1. The highest BCUT2D eigenvalue weighted by molar-refractivity contribution is 5.78. The van der Waals surface area contributed by atoms with Crippen molar-refractivity contribution in [2.45, 2.75) is 0 Å². The summed E-state index contributed by atoms with van der Waals surface area (Å²) in [7, 11) is 0. The molecule has 2 aromatic rings. The lowest BCUT2D eigenvalue weighted by molar-refractivity contribution is -0.136. The summed E-state index contributed by atoms with van der Waals surface area (Å²) in [5.41, 5.74) is 0. The second-order valence-electron chi connectivity index (χ2n) is 7.01. The normalized spacial score (nSPS) is 18.0. The van der Waals surface area contributed by atoms with Crippen LogP contribution in [0.2, 0.25) is 0 Å². The number of aromatic nitrogens is 2. The second-order valence-corrected chi connectivity index (χ2v) is 7.01. The summed E-state index contributed by atoms with van der Waals surface area (Å²) in [6.45, 7) is 6.02. The van der Waals surface area contributed by atoms with Crippen LogP contribution in [0.15, 0.2) is 36.5 Å². The molecule has 4 rings (SSSR count). The smallest absolute Gasteiger partial charge is 0.236 e. The van der Waals surface area contributed by atoms with Crippen molar-refractivity contribution in [2.24, 2.45) is 0 Å². The van der Waals surface area contributed by atoms with Gasteiger partial charge in [0.2, 0.25) is 17.7 Å². The standard InChI is InChI=1S/C20H24FN5O3/c21-16-1-3-17(4-2-16)29-18-5-6-22-20(23-18)26-9-7-24(8-10-26)15-19(27)25-11-13-28-14-12-25/h1-6H,7-15H2. The Kier molecular flexibility index (Phi) is 6.16. The fourth-order valence-electron chi connectivity index (χ4n) is 3.38. The molecule has 0 aliphatic carbocycles. The van der Waals surface area contributed by atoms with Crippen molar-refractivity contribution in [3.05, 3.63) is 42.3 Å². The van der Waals surface area contributed by atoms with E-state index < -0.39 is 0 Å². The highest BCUT2D eigenvalue weighted by Gasteiger charge is 2.24. The van der Waals surface area contributed by atoms with Gasteiger partial charge in [-0.05, 0) is 24.3 Å². The molecule has 0 radical (unpaired) electrons. The minimum Gasteiger partial charge on any atom is -0.439 e. The van der Waals surface area contributed by atoms with Gasteiger partial charge in [0.05, 0.1) is 19.8 Å². The summed E-state index contributed by atoms with van der Waals surface area (Å²) in [4.78, 5) is 27.3. The van der Waals surface area contributed by atoms with Gasteiger partial charge in [0.15, 0.2) is 0 Å². The van der Waals surface area contributed by atoms with Crippen molar-refractivity contribution >= 4 is 11.9 Å². The van der Waals surface area contributed by atoms with E-state index in [-0.39, 0.29) is 11.7 Å². The molecule has 2 aliphatic heterocycles. The van der Waals surface area contributed by atoms with Gasteiger partial charge >= 0.3 is 0 Å². The molecule has 2 fully saturated rings. The number of rotatable bonds is 5. The first kappa shape index (κ1) is 19.5. The monoisotopic (exact) mass is 401 g/mol. The number of hydrogen-bond acceptors (Lipinski definition) is 7. The van der Waals surface area contributed by atoms with Crippen LogP contribution >= 0.6 is 0 Å². The molecule has 154 valence electrons. The number of hydrogen-bond donors (Lipinski definition) is 0. The molecule has 2 saturated heterocycles. The minimum atomic E-state index is -0.314. The Morgan fingerprint density at radius 3 is 2.48 bits per heavy atom. The number of benzene rings is 1. The van der Waals surface area contributed by atoms with Crippen molar-refractivity contribution in [3.8, 4) is 11.6 Å². The lowest BCUT2D eigenvalue weighted by Gasteiger charge is -2.36. The van der Waals surface area contributed by atoms with Crippen LogP contribution in [0.3, 0.4) is 0 Å². The van der Waals surface area contributed by atoms with Crippen molar-refractivity contribution in [3.63, 3.8) is 0 Å². The third-order valence-electron chi connectivity index (χ3n) is 5.03. The largest absolute Gasteiger partial charge is 0.439 e. The molecule has 0 bridgehead atoms. The van der Waals surface area contributed by atoms with Crippen molar-refractivity contribution < 1.29 is 18.7 Å². The van der Waals surface area contributed by atoms with Gasteiger partial charge in [-0.25, -0.2) is 9.37 Å². The zero-order valence-electron chi connectivity index (χ0n) is 16.2. The Bertz CT molecular complexity index is 821. The molecule has 0 spiro atoms. The molecular formula is C20H24FN5O3. The van der Waals surface area contributed by atoms with Crippen LogP contribution in [-0.2, 0) is 9.53 Å². The Morgan fingerprint density at radius 1 is 1.03 bits per heavy atom. The van der Waals surface area contributed by atoms with Gasteiger partial charge in [-0.15, -0.1) is 0 Å². The Morgan fingerprint density at radius 2 is 1.76 bits per heavy atom. The molecule has 1 aromatic heterocycles. The van der Waals surface area contributed by atoms with E-state index in [0.717, 1.165) is 26.2 Å². The van der Waals surface area contributed by atoms with Crippen LogP contribution in [-0.4, -0.2) is 84.7 Å². The summed E-state index contributed by atoms with van der Waals surface area (Å²) in [6, 6.07) is 7.47. The topological polar surface area (TPSA) is 71.0 Å². The molecule has 1 amide bonds. The number of ether oxygens (including phenoxy) is 2. The van der Waals surface area contributed by atoms with Gasteiger partial charge in [-0.1, -0.05) is 0 Å². The van der Waals surface area contributed by atoms with Crippen molar-refractivity contribution in [1.29, 1.82) is 0 Å². The molecule has 0 atom stereocenters. The van der Waals surface area contributed by atoms with E-state index in [4.69, 9.17) is 9.47 Å². The third kappa shape index (κ3) is 5.18. The maximum atomic E-state index is 13.0. The molecule has 9 heteroatoms. The molecule has 0 saturated carbocycles. The summed E-state index contributed by atoms with van der Waals surface area (Å²) < 4.78 is 24.0. The lowest BCUT2D eigenvalue weighted by Crippen LogP contribution is -2.51. The van der Waals surface area contributed by atoms with Crippen LogP contribution < -0.4 is 9.64 Å². The van der Waals surface area contributed by atoms with Gasteiger partial charge < -0.3 is 19.3 Å². The zero-order valence-corrected chi connectivity index (χ0v) is 16.2. The summed E-state index contributed by atoms with van der Waals surface area (Å²) in [6.07, 6.45) is 1.65. The molecule has 0 N–H and O–H groups in total. The molecule has 0 unspecified atom stereocenters. The molecule has 2 aliphatic rings. The van der Waals surface area contributed by atoms with Crippen molar-refractivity contribution in [1.82, 2.24) is 19.8 Å². The predicted molar refractivity (Wildman–Crippen MR) is 105 cm³/mol. The van der Waals surface area contributed by atoms with Crippen LogP contribution in [0.5, 0.6) is 11.6 Å². The first-order valence-corrected chi connectivity index (χ1v) is 9.77. The maximum absolute atomic E-state index is 13.0. The lowest BCUT2D eigenvalue weighted by atomic mass is 10.3. The molecule has 3 heterocycles. The van der Waals surface area contributed by atoms with Crippen LogP contribution in [0.4, 0.5) is 10.3 Å². The fraction of sp³-hybridized carbons (Fsp3) is 0.450. The van der Waals surface area contributed by atoms with Crippen molar-refractivity contribution in [2.75, 3.05) is 63.9 Å². The van der Waals surface area contributed by atoms with Gasteiger partial charge in [0, 0.05) is 51.5 Å². The average molecular weight is 401 g/mol. The third-order valence-corrected chi connectivity index (χ3v) is 5.03. The van der Waals surface area contributed by atoms with E-state index in [1.807, 2.05) is 4.90 Å². The van der Waals surface area contributed by atoms with Crippen LogP contribution in [0.25, 0.3) is 0 Å². The summed E-state index contributed by atoms with van der Waals surface area (Å²) in [5.74, 6) is 1.36. The van der Waals surface area contributed by atoms with E-state index in [2.05, 4.69) is 19.8 Å². The molecule has 29 heavy (non-hydrogen) atoms. The Balaban J connectivity index is 1.30. The number of piperazine rings is 1. The first-order chi connectivity index (χ1) is 14.2. The number of anilines is 1. The quantitative estimate of drug-likeness (QED) is 0.750. The summed E-state index contributed by atoms with van der Waals surface area (Å²) in [5, 5.41) is 0. The van der Waals surface area contributed by atoms with Gasteiger partial charge in [-0.2, -0.15) is 4.98 Å². The Labute approximate surface area is 168 Å². The summed E-state index contributed by atoms with van der Waals surface area (Å²) >= 11 is 0. The van der Waals surface area contributed by atoms with Gasteiger partial charge in [0.1, 0.15) is 11.6 Å². The first-order valence-electron chi connectivity index (χ1n) is 9.77. The molecule has 1 aromatic carbocycles. The molecular weight excluding hydrogens is 377 g/mol. The van der Waals surface area contributed by atoms with Gasteiger partial charge in [0.25, 0.3) is 0 Å². The second kappa shape index (κ2) is 9.15. The number of carbonyl (C=O) groups excluding carboxylic acids is 1. The Hall–Kier alpha value is -2.78. The minimum absolute atomic E-state index is 0.160. The predicted octanol–water partition coefficient (Wildman–Crippen LogP) is 1.39. The number of halogens is 1. The zero-order chi connectivity index (χ0) is 20.1. The average Bonchev–Trinajstić information content (AvgIpc) is 2.77. The maximum Gasteiger partial charge on any atom is 0.236 e. The fourth-order valence-corrected chi connectivity index (χ4v) is 3.38. The number of morpholine rings is 1. The van der Waals surface area contributed by atoms with Gasteiger partial charge in [-0.3, -0.25) is 9.69 Å². The van der Waals surface area contributed by atoms with E-state index in [0.29, 0.717) is 50.4 Å². The number of amides is 1. The van der Waals surface area contributed by atoms with Crippen LogP contribution in [0, 0.1) is 5.82 Å². The highest BCUT2D eigenvalue weighted by Crippen LogP contribution is 2.21. The van der Waals surface area contributed by atoms with E-state index in [1.165, 1.54) is 12.1 Å². The number of carbonyl (C=O) groups is 1. The van der Waals surface area contributed by atoms with Crippen LogP contribution in [0.1, 0.15) is 0 Å².